The maximum atomic E-state index is 12.5. The monoisotopic (exact) mass is 990 g/mol. The van der Waals surface area contributed by atoms with E-state index in [2.05, 4.69) is 24.5 Å². The molecule has 0 bridgehead atoms. The van der Waals surface area contributed by atoms with E-state index in [0.29, 0.717) is 50.2 Å². The van der Waals surface area contributed by atoms with Gasteiger partial charge in [0.05, 0.1) is 24.8 Å². The van der Waals surface area contributed by atoms with Gasteiger partial charge in [0.1, 0.15) is 38.4 Å². The van der Waals surface area contributed by atoms with E-state index in [4.69, 9.17) is 9.47 Å². The summed E-state index contributed by atoms with van der Waals surface area (Å²) in [5.74, 6) is -5.43. The van der Waals surface area contributed by atoms with Crippen molar-refractivity contribution in [3.05, 3.63) is 154 Å². The highest BCUT2D eigenvalue weighted by atomic mass is 16.6. The van der Waals surface area contributed by atoms with Crippen LogP contribution < -0.4 is 30.0 Å². The Kier molecular flexibility index (Phi) is 25.3. The van der Waals surface area contributed by atoms with Crippen LogP contribution in [0.25, 0.3) is 0 Å². The Bertz CT molecular complexity index is 2270. The lowest BCUT2D eigenvalue weighted by atomic mass is 9.93. The smallest absolute Gasteiger partial charge is 0.408 e. The molecule has 4 N–H and O–H groups in total. The number of aryl methyl sites for hydroxylation is 4. The lowest BCUT2D eigenvalue weighted by Gasteiger charge is -2.16. The highest BCUT2D eigenvalue weighted by Crippen LogP contribution is 2.22. The SMILES string of the molecule is CCCCCc1cc[n+](CCCC[C@H](NC(=O)OCc2ccccc2)C(=O)O)c(CC(=C/C(=O)[O-])/C(=C\C(=O)[O-])Cc2cc(CCCCC)cc[n+]2CCCC[C@H](NC(=O)OCc2ccccc2)C(=O)O)c1. The highest BCUT2D eigenvalue weighted by Gasteiger charge is 2.24. The van der Waals surface area contributed by atoms with Gasteiger partial charge in [-0.05, 0) is 96.9 Å². The summed E-state index contributed by atoms with van der Waals surface area (Å²) in [7, 11) is 0. The van der Waals surface area contributed by atoms with Crippen LogP contribution in [0.2, 0.25) is 0 Å². The Hall–Kier alpha value is -7.36. The molecule has 0 saturated carbocycles. The molecule has 0 spiro atoms. The molecule has 0 radical (unpaired) electrons. The summed E-state index contributed by atoms with van der Waals surface area (Å²) in [4.78, 5) is 74.2. The second kappa shape index (κ2) is 31.8. The van der Waals surface area contributed by atoms with E-state index in [1.54, 1.807) is 48.5 Å². The van der Waals surface area contributed by atoms with Gasteiger partial charge in [-0.25, -0.2) is 28.3 Å². The van der Waals surface area contributed by atoms with Crippen LogP contribution >= 0.6 is 0 Å². The first-order chi connectivity index (χ1) is 34.7. The predicted molar refractivity (Wildman–Crippen MR) is 263 cm³/mol. The quantitative estimate of drug-likeness (QED) is 0.0187. The van der Waals surface area contributed by atoms with Gasteiger partial charge in [0.2, 0.25) is 0 Å². The molecular formula is C56H70N4O12. The van der Waals surface area contributed by atoms with Crippen molar-refractivity contribution in [2.24, 2.45) is 0 Å². The summed E-state index contributed by atoms with van der Waals surface area (Å²) < 4.78 is 14.4. The molecule has 72 heavy (non-hydrogen) atoms. The lowest BCUT2D eigenvalue weighted by molar-refractivity contribution is -0.704. The summed E-state index contributed by atoms with van der Waals surface area (Å²) in [6.07, 6.45) is 13.4. The normalized spacial score (nSPS) is 12.4. The molecule has 0 unspecified atom stereocenters. The van der Waals surface area contributed by atoms with Crippen LogP contribution in [0.1, 0.15) is 125 Å². The van der Waals surface area contributed by atoms with Gasteiger partial charge in [-0.2, -0.15) is 0 Å². The molecule has 2 heterocycles. The number of hydrogen-bond donors (Lipinski definition) is 4. The third-order valence-corrected chi connectivity index (χ3v) is 12.1. The summed E-state index contributed by atoms with van der Waals surface area (Å²) in [6.45, 7) is 4.99. The zero-order valence-electron chi connectivity index (χ0n) is 41.6. The third kappa shape index (κ3) is 21.7. The number of alkyl carbamates (subject to hydrolysis) is 2. The van der Waals surface area contributed by atoms with Crippen LogP contribution in [0, 0.1) is 0 Å². The molecular weight excluding hydrogens is 921 g/mol. The Morgan fingerprint density at radius 3 is 1.28 bits per heavy atom. The number of nitrogens with zero attached hydrogens (tertiary/aromatic N) is 2. The zero-order chi connectivity index (χ0) is 52.1. The first-order valence-corrected chi connectivity index (χ1v) is 25.0. The van der Waals surface area contributed by atoms with Crippen molar-refractivity contribution in [2.45, 2.75) is 155 Å². The molecule has 2 atom stereocenters. The molecule has 0 fully saturated rings. The zero-order valence-corrected chi connectivity index (χ0v) is 41.6. The number of aliphatic carboxylic acids is 4. The number of carboxylic acid groups (broad SMARTS) is 4. The van der Waals surface area contributed by atoms with E-state index in [1.165, 1.54) is 0 Å². The molecule has 0 aliphatic rings. The number of unbranched alkanes of at least 4 members (excludes halogenated alkanes) is 6. The molecule has 2 amide bonds. The topological polar surface area (TPSA) is 239 Å². The second-order valence-electron chi connectivity index (χ2n) is 17.9. The first-order valence-electron chi connectivity index (χ1n) is 25.0. The molecule has 4 aromatic rings. The van der Waals surface area contributed by atoms with Gasteiger partial charge in [-0.1, -0.05) is 100 Å². The van der Waals surface area contributed by atoms with Gasteiger partial charge >= 0.3 is 24.1 Å². The summed E-state index contributed by atoms with van der Waals surface area (Å²) in [5, 5.41) is 49.6. The van der Waals surface area contributed by atoms with Gasteiger partial charge in [0.15, 0.2) is 23.8 Å². The van der Waals surface area contributed by atoms with Crippen molar-refractivity contribution in [2.75, 3.05) is 0 Å². The van der Waals surface area contributed by atoms with Crippen molar-refractivity contribution in [3.8, 4) is 0 Å². The van der Waals surface area contributed by atoms with Gasteiger partial charge < -0.3 is 50.1 Å². The van der Waals surface area contributed by atoms with Crippen LogP contribution in [0.5, 0.6) is 0 Å². The van der Waals surface area contributed by atoms with Crippen molar-refractivity contribution in [1.82, 2.24) is 10.6 Å². The molecule has 16 heteroatoms. The molecule has 16 nitrogen and oxygen atoms in total. The number of benzene rings is 2. The number of allylic oxidation sites excluding steroid dienone is 2. The maximum absolute atomic E-state index is 12.5. The van der Waals surface area contributed by atoms with Crippen LogP contribution in [0.3, 0.4) is 0 Å². The first kappa shape index (κ1) is 57.2. The maximum Gasteiger partial charge on any atom is 0.408 e. The summed E-state index contributed by atoms with van der Waals surface area (Å²) >= 11 is 0. The van der Waals surface area contributed by atoms with Gasteiger partial charge in [0, 0.05) is 37.1 Å². The van der Waals surface area contributed by atoms with Gasteiger partial charge in [0.25, 0.3) is 0 Å². The second-order valence-corrected chi connectivity index (χ2v) is 17.9. The van der Waals surface area contributed by atoms with E-state index in [0.717, 1.165) is 85.8 Å². The Morgan fingerprint density at radius 1 is 0.542 bits per heavy atom. The number of ether oxygens (including phenoxy) is 2. The number of carboxylic acids is 4. The van der Waals surface area contributed by atoms with Crippen molar-refractivity contribution in [1.29, 1.82) is 0 Å². The predicted octanol–water partition coefficient (Wildman–Crippen LogP) is 5.96. The number of carbonyl (C=O) groups is 6. The molecule has 2 aromatic heterocycles. The number of hydrogen-bond acceptors (Lipinski definition) is 10. The number of aromatic nitrogens is 2. The molecule has 386 valence electrons. The number of carbonyl (C=O) groups excluding carboxylic acids is 4. The van der Waals surface area contributed by atoms with Crippen LogP contribution in [0.4, 0.5) is 9.59 Å². The van der Waals surface area contributed by atoms with Gasteiger partial charge in [-0.15, -0.1) is 0 Å². The van der Waals surface area contributed by atoms with E-state index >= 15 is 0 Å². The molecule has 0 aliphatic heterocycles. The number of rotatable bonds is 33. The van der Waals surface area contributed by atoms with Crippen molar-refractivity contribution < 1.29 is 67.8 Å². The number of nitrogens with one attached hydrogen (secondary N) is 2. The average molecular weight is 991 g/mol. The minimum Gasteiger partial charge on any atom is -0.545 e. The standard InChI is InChI=1S/C56H70N4O12/c1-3-5-9-19-41-27-31-59(29-17-15-25-49(53(65)66)57-55(69)71-39-43-21-11-7-12-22-43)47(33-41)35-45(37-51(61)62)46(38-52(63)64)36-48-34-42(20-10-6-4-2)28-32-60(48)30-18-16-26-50(54(67)68)58-56(70)72-40-44-23-13-8-14-24-44/h7-8,11-14,21-24,27-28,31-34,37-38,49-50H,3-6,9-10,15-20,25-26,29-30,35-36,39-40H2,1-2H3,(H4-2,57,58,61,62,63,64,65,66,67,68,69,70)/b45-37-,46-38-/t49-,50-/m0/s1. The van der Waals surface area contributed by atoms with E-state index in [-0.39, 0.29) is 50.0 Å². The number of pyridine rings is 2. The summed E-state index contributed by atoms with van der Waals surface area (Å²) in [5.41, 5.74) is 5.33. The van der Waals surface area contributed by atoms with Crippen LogP contribution in [-0.4, -0.2) is 58.4 Å². The summed E-state index contributed by atoms with van der Waals surface area (Å²) in [6, 6.07) is 23.6. The van der Waals surface area contributed by atoms with E-state index in [9.17, 15) is 49.2 Å². The van der Waals surface area contributed by atoms with Crippen molar-refractivity contribution in [3.63, 3.8) is 0 Å². The Morgan fingerprint density at radius 2 is 0.931 bits per heavy atom. The highest BCUT2D eigenvalue weighted by molar-refractivity contribution is 5.83. The fraction of sp³-hybridized carbons (Fsp3) is 0.429. The van der Waals surface area contributed by atoms with E-state index in [1.807, 2.05) is 57.9 Å². The molecule has 2 aromatic carbocycles. The van der Waals surface area contributed by atoms with Crippen LogP contribution in [0.15, 0.2) is 121 Å². The fourth-order valence-electron chi connectivity index (χ4n) is 8.24. The minimum atomic E-state index is -1.51. The minimum absolute atomic E-state index is 0.00875. The Labute approximate surface area is 422 Å². The Balaban J connectivity index is 1.54. The molecule has 0 aliphatic carbocycles. The fourth-order valence-corrected chi connectivity index (χ4v) is 8.24. The average Bonchev–Trinajstić information content (AvgIpc) is 3.35. The number of amides is 2. The largest absolute Gasteiger partial charge is 0.545 e. The molecule has 0 saturated heterocycles. The van der Waals surface area contributed by atoms with E-state index < -0.39 is 48.1 Å². The van der Waals surface area contributed by atoms with Gasteiger partial charge in [-0.3, -0.25) is 0 Å². The van der Waals surface area contributed by atoms with Crippen molar-refractivity contribution >= 4 is 36.1 Å². The lowest BCUT2D eigenvalue weighted by Crippen LogP contribution is -2.42. The third-order valence-electron chi connectivity index (χ3n) is 12.1. The van der Waals surface area contributed by atoms with Crippen LogP contribution in [-0.2, 0) is 80.6 Å². The molecule has 4 rings (SSSR count).